The van der Waals surface area contributed by atoms with Gasteiger partial charge in [-0.05, 0) is 31.7 Å². The summed E-state index contributed by atoms with van der Waals surface area (Å²) in [5, 5.41) is 11.4. The van der Waals surface area contributed by atoms with Crippen molar-refractivity contribution >= 4 is 11.8 Å². The van der Waals surface area contributed by atoms with Gasteiger partial charge in [0.05, 0.1) is 11.2 Å². The highest BCUT2D eigenvalue weighted by Crippen LogP contribution is 2.51. The Morgan fingerprint density at radius 1 is 1.21 bits per heavy atom. The lowest BCUT2D eigenvalue weighted by molar-refractivity contribution is -0.138. The van der Waals surface area contributed by atoms with Gasteiger partial charge < -0.3 is 5.11 Å². The van der Waals surface area contributed by atoms with Gasteiger partial charge >= 0.3 is 6.18 Å². The topological polar surface area (TPSA) is 33.1 Å². The van der Waals surface area contributed by atoms with E-state index >= 15 is 0 Å². The maximum Gasteiger partial charge on any atom is 0.417 e. The van der Waals surface area contributed by atoms with Gasteiger partial charge in [-0.3, -0.25) is 4.98 Å². The smallest absolute Gasteiger partial charge is 0.385 e. The fraction of sp³-hybridized carbons (Fsp3) is 0.615. The molecule has 2 fully saturated rings. The van der Waals surface area contributed by atoms with E-state index in [2.05, 4.69) is 4.98 Å². The Morgan fingerprint density at radius 3 is 2.42 bits per heavy atom. The molecule has 1 aromatic rings. The quantitative estimate of drug-likeness (QED) is 0.860. The van der Waals surface area contributed by atoms with E-state index in [1.807, 2.05) is 11.8 Å². The highest BCUT2D eigenvalue weighted by molar-refractivity contribution is 8.00. The number of hydrogen-bond acceptors (Lipinski definition) is 3. The Morgan fingerprint density at radius 2 is 1.84 bits per heavy atom. The van der Waals surface area contributed by atoms with Crippen LogP contribution in [-0.4, -0.2) is 20.6 Å². The molecule has 2 unspecified atom stereocenters. The van der Waals surface area contributed by atoms with Crippen molar-refractivity contribution < 1.29 is 18.3 Å². The molecule has 0 amide bonds. The van der Waals surface area contributed by atoms with E-state index in [9.17, 15) is 18.3 Å². The van der Waals surface area contributed by atoms with Gasteiger partial charge in [0.25, 0.3) is 0 Å². The number of halogens is 3. The third-order valence-electron chi connectivity index (χ3n) is 3.93. The van der Waals surface area contributed by atoms with E-state index in [1.165, 1.54) is 6.20 Å². The van der Waals surface area contributed by atoms with Crippen LogP contribution in [0, 0.1) is 0 Å². The third-order valence-corrected chi connectivity index (χ3v) is 5.50. The van der Waals surface area contributed by atoms with Crippen molar-refractivity contribution in [1.29, 1.82) is 0 Å². The molecule has 19 heavy (non-hydrogen) atoms. The summed E-state index contributed by atoms with van der Waals surface area (Å²) in [5.41, 5.74) is -1.63. The molecule has 0 aromatic carbocycles. The van der Waals surface area contributed by atoms with Crippen LogP contribution < -0.4 is 0 Å². The highest BCUT2D eigenvalue weighted by atomic mass is 32.2. The zero-order valence-corrected chi connectivity index (χ0v) is 11.0. The number of pyridine rings is 1. The van der Waals surface area contributed by atoms with Crippen LogP contribution in [-0.2, 0) is 11.8 Å². The van der Waals surface area contributed by atoms with Gasteiger partial charge in [0.2, 0.25) is 0 Å². The molecule has 1 N–H and O–H groups in total. The summed E-state index contributed by atoms with van der Waals surface area (Å²) >= 11 is 1.86. The molecule has 2 nitrogen and oxygen atoms in total. The van der Waals surface area contributed by atoms with Gasteiger partial charge in [-0.2, -0.15) is 24.9 Å². The lowest BCUT2D eigenvalue weighted by Crippen LogP contribution is -2.35. The molecule has 0 aliphatic carbocycles. The molecule has 2 aliphatic heterocycles. The van der Waals surface area contributed by atoms with Crippen molar-refractivity contribution in [3.8, 4) is 0 Å². The van der Waals surface area contributed by atoms with Crippen LogP contribution in [0.2, 0.25) is 0 Å². The van der Waals surface area contributed by atoms with Crippen molar-refractivity contribution in [2.45, 2.75) is 48.0 Å². The second-order valence-corrected chi connectivity index (χ2v) is 6.96. The Balaban J connectivity index is 1.93. The van der Waals surface area contributed by atoms with Crippen LogP contribution in [0.3, 0.4) is 0 Å². The average Bonchev–Trinajstić information content (AvgIpc) is 2.68. The molecule has 6 heteroatoms. The van der Waals surface area contributed by atoms with Gasteiger partial charge in [-0.15, -0.1) is 0 Å². The molecule has 0 spiro atoms. The Bertz CT molecular complexity index is 479. The minimum absolute atomic E-state index is 0.305. The number of alkyl halides is 3. The van der Waals surface area contributed by atoms with Gasteiger partial charge in [-0.1, -0.05) is 0 Å². The number of thioether (sulfide) groups is 1. The minimum Gasteiger partial charge on any atom is -0.385 e. The monoisotopic (exact) mass is 289 g/mol. The third kappa shape index (κ3) is 2.48. The van der Waals surface area contributed by atoms with Crippen LogP contribution >= 0.6 is 11.8 Å². The fourth-order valence-corrected chi connectivity index (χ4v) is 4.83. The first kappa shape index (κ1) is 13.2. The second kappa shape index (κ2) is 4.38. The van der Waals surface area contributed by atoms with Crippen LogP contribution in [0.15, 0.2) is 18.5 Å². The van der Waals surface area contributed by atoms with Crippen LogP contribution in [0.25, 0.3) is 0 Å². The molecule has 2 atom stereocenters. The first-order valence-electron chi connectivity index (χ1n) is 6.27. The van der Waals surface area contributed by atoms with Crippen molar-refractivity contribution in [2.24, 2.45) is 0 Å². The molecule has 2 bridgehead atoms. The predicted molar refractivity (Wildman–Crippen MR) is 66.8 cm³/mol. The summed E-state index contributed by atoms with van der Waals surface area (Å²) < 4.78 is 38.1. The van der Waals surface area contributed by atoms with Gasteiger partial charge in [0.15, 0.2) is 0 Å². The van der Waals surface area contributed by atoms with Crippen LogP contribution in [0.1, 0.15) is 36.8 Å². The van der Waals surface area contributed by atoms with Crippen LogP contribution in [0.4, 0.5) is 13.2 Å². The highest BCUT2D eigenvalue weighted by Gasteiger charge is 2.45. The molecule has 3 heterocycles. The molecule has 1 aromatic heterocycles. The number of nitrogens with zero attached hydrogens (tertiary/aromatic N) is 1. The number of hydrogen-bond donors (Lipinski definition) is 1. The van der Waals surface area contributed by atoms with Crippen molar-refractivity contribution in [1.82, 2.24) is 4.98 Å². The normalized spacial score (nSPS) is 34.5. The lowest BCUT2D eigenvalue weighted by Gasteiger charge is -2.36. The van der Waals surface area contributed by atoms with E-state index < -0.39 is 17.3 Å². The number of fused-ring (bicyclic) bond motifs is 2. The Kier molecular flexibility index (Phi) is 3.05. The summed E-state index contributed by atoms with van der Waals surface area (Å²) in [4.78, 5) is 3.66. The van der Waals surface area contributed by atoms with Gasteiger partial charge in [-0.25, -0.2) is 0 Å². The average molecular weight is 289 g/mol. The van der Waals surface area contributed by atoms with Gasteiger partial charge in [0.1, 0.15) is 0 Å². The molecule has 3 rings (SSSR count). The predicted octanol–water partition coefficient (Wildman–Crippen LogP) is 3.35. The molecule has 2 saturated heterocycles. The van der Waals surface area contributed by atoms with E-state index in [0.29, 0.717) is 28.9 Å². The lowest BCUT2D eigenvalue weighted by atomic mass is 9.86. The molecular weight excluding hydrogens is 275 g/mol. The van der Waals surface area contributed by atoms with E-state index in [1.54, 1.807) is 0 Å². The SMILES string of the molecule is OC1(c2cncc(C(F)(F)F)c2)CC2CCC(C1)S2. The van der Waals surface area contributed by atoms with E-state index in [4.69, 9.17) is 0 Å². The fourth-order valence-electron chi connectivity index (χ4n) is 3.00. The summed E-state index contributed by atoms with van der Waals surface area (Å²) in [6.45, 7) is 0. The van der Waals surface area contributed by atoms with E-state index in [0.717, 1.165) is 25.1 Å². The largest absolute Gasteiger partial charge is 0.417 e. The molecule has 0 radical (unpaired) electrons. The molecule has 0 saturated carbocycles. The zero-order chi connectivity index (χ0) is 13.7. The Hall–Kier alpha value is -0.750. The maximum absolute atomic E-state index is 12.7. The maximum atomic E-state index is 12.7. The van der Waals surface area contributed by atoms with Gasteiger partial charge in [0, 0.05) is 28.5 Å². The minimum atomic E-state index is -4.41. The molecule has 2 aliphatic rings. The summed E-state index contributed by atoms with van der Waals surface area (Å²) in [6, 6.07) is 1.04. The first-order chi connectivity index (χ1) is 8.87. The molecule has 104 valence electrons. The summed E-state index contributed by atoms with van der Waals surface area (Å²) in [6.07, 6.45) is 0.897. The number of rotatable bonds is 1. The van der Waals surface area contributed by atoms with Crippen molar-refractivity contribution in [3.05, 3.63) is 29.6 Å². The second-order valence-electron chi connectivity index (χ2n) is 5.36. The number of aliphatic hydroxyl groups is 1. The van der Waals surface area contributed by atoms with Crippen molar-refractivity contribution in [3.63, 3.8) is 0 Å². The summed E-state index contributed by atoms with van der Waals surface area (Å²) in [7, 11) is 0. The Labute approximate surface area is 113 Å². The van der Waals surface area contributed by atoms with Crippen LogP contribution in [0.5, 0.6) is 0 Å². The number of aromatic nitrogens is 1. The first-order valence-corrected chi connectivity index (χ1v) is 7.22. The van der Waals surface area contributed by atoms with E-state index in [-0.39, 0.29) is 0 Å². The standard InChI is InChI=1S/C13H14F3NOS/c14-13(15,16)9-3-8(6-17-7-9)12(18)4-10-1-2-11(5-12)19-10/h3,6-7,10-11,18H,1-2,4-5H2. The zero-order valence-electron chi connectivity index (χ0n) is 10.2. The molecular formula is C13H14F3NOS. The summed E-state index contributed by atoms with van der Waals surface area (Å²) in [5.74, 6) is 0. The van der Waals surface area contributed by atoms with Crippen molar-refractivity contribution in [2.75, 3.05) is 0 Å².